The van der Waals surface area contributed by atoms with Crippen molar-refractivity contribution in [1.82, 2.24) is 15.0 Å². The summed E-state index contributed by atoms with van der Waals surface area (Å²) in [6, 6.07) is 13.3. The van der Waals surface area contributed by atoms with Crippen LogP contribution in [-0.2, 0) is 0 Å². The summed E-state index contributed by atoms with van der Waals surface area (Å²) < 4.78 is 13.8. The lowest BCUT2D eigenvalue weighted by Gasteiger charge is -2.22. The Hall–Kier alpha value is -3.34. The maximum Gasteiger partial charge on any atom is 0.126 e. The highest BCUT2D eigenvalue weighted by atomic mass is 19.1. The summed E-state index contributed by atoms with van der Waals surface area (Å²) >= 11 is 0. The highest BCUT2D eigenvalue weighted by molar-refractivity contribution is 5.88. The van der Waals surface area contributed by atoms with Gasteiger partial charge >= 0.3 is 0 Å². The third-order valence-electron chi connectivity index (χ3n) is 5.21. The Morgan fingerprint density at radius 1 is 0.828 bits per heavy atom. The van der Waals surface area contributed by atoms with E-state index in [0.717, 1.165) is 52.2 Å². The molecule has 5 heteroatoms. The van der Waals surface area contributed by atoms with Crippen LogP contribution in [0, 0.1) is 12.7 Å². The molecule has 0 saturated carbocycles. The minimum Gasteiger partial charge on any atom is -0.371 e. The van der Waals surface area contributed by atoms with Crippen molar-refractivity contribution in [2.24, 2.45) is 0 Å². The molecular formula is C24H23FN4. The lowest BCUT2D eigenvalue weighted by atomic mass is 9.97. The molecule has 0 aliphatic heterocycles. The van der Waals surface area contributed by atoms with Crippen molar-refractivity contribution in [2.75, 3.05) is 18.0 Å². The molecule has 0 saturated heterocycles. The lowest BCUT2D eigenvalue weighted by Crippen LogP contribution is -2.22. The number of aryl methyl sites for hydroxylation is 1. The van der Waals surface area contributed by atoms with Gasteiger partial charge in [-0.05, 0) is 68.3 Å². The molecule has 0 amide bonds. The van der Waals surface area contributed by atoms with Crippen LogP contribution >= 0.6 is 0 Å². The second kappa shape index (κ2) is 7.95. The van der Waals surface area contributed by atoms with Crippen molar-refractivity contribution in [3.8, 4) is 22.4 Å². The molecule has 0 aliphatic rings. The zero-order chi connectivity index (χ0) is 20.4. The van der Waals surface area contributed by atoms with Crippen LogP contribution in [0.25, 0.3) is 33.4 Å². The second-order valence-electron chi connectivity index (χ2n) is 6.99. The predicted octanol–water partition coefficient (Wildman–Crippen LogP) is 5.65. The van der Waals surface area contributed by atoms with Gasteiger partial charge in [0.15, 0.2) is 0 Å². The van der Waals surface area contributed by atoms with Crippen LogP contribution in [0.1, 0.15) is 19.4 Å². The number of benzene rings is 2. The topological polar surface area (TPSA) is 41.9 Å². The zero-order valence-corrected chi connectivity index (χ0v) is 16.9. The van der Waals surface area contributed by atoms with Crippen LogP contribution in [0.3, 0.4) is 0 Å². The summed E-state index contributed by atoms with van der Waals surface area (Å²) in [7, 11) is 0. The van der Waals surface area contributed by atoms with Gasteiger partial charge in [-0.3, -0.25) is 15.0 Å². The molecule has 0 unspecified atom stereocenters. The average molecular weight is 386 g/mol. The highest BCUT2D eigenvalue weighted by Crippen LogP contribution is 2.35. The van der Waals surface area contributed by atoms with Crippen LogP contribution in [0.4, 0.5) is 10.1 Å². The Labute approximate surface area is 170 Å². The van der Waals surface area contributed by atoms with E-state index in [1.165, 1.54) is 6.07 Å². The van der Waals surface area contributed by atoms with E-state index < -0.39 is 0 Å². The van der Waals surface area contributed by atoms with Gasteiger partial charge in [-0.15, -0.1) is 0 Å². The molecule has 0 N–H and O–H groups in total. The predicted molar refractivity (Wildman–Crippen MR) is 116 cm³/mol. The fraction of sp³-hybridized carbons (Fsp3) is 0.208. The first-order valence-corrected chi connectivity index (χ1v) is 9.83. The quantitative estimate of drug-likeness (QED) is 0.444. The first-order valence-electron chi connectivity index (χ1n) is 9.83. The number of pyridine rings is 1. The molecule has 29 heavy (non-hydrogen) atoms. The molecule has 0 fully saturated rings. The van der Waals surface area contributed by atoms with Gasteiger partial charge in [0.2, 0.25) is 0 Å². The van der Waals surface area contributed by atoms with E-state index in [-0.39, 0.29) is 5.82 Å². The monoisotopic (exact) mass is 386 g/mol. The number of aromatic nitrogens is 3. The zero-order valence-electron chi connectivity index (χ0n) is 16.9. The van der Waals surface area contributed by atoms with Gasteiger partial charge < -0.3 is 4.90 Å². The van der Waals surface area contributed by atoms with Crippen LogP contribution in [0.15, 0.2) is 61.1 Å². The first-order chi connectivity index (χ1) is 14.1. The number of nitrogens with zero attached hydrogens (tertiary/aromatic N) is 4. The van der Waals surface area contributed by atoms with E-state index in [9.17, 15) is 4.39 Å². The SMILES string of the molecule is CCN(CC)c1cnc(-c2ccc(F)c(C)c2)c(-c2ccc3nccnc3c2)c1. The van der Waals surface area contributed by atoms with Gasteiger partial charge in [-0.1, -0.05) is 6.07 Å². The van der Waals surface area contributed by atoms with Crippen molar-refractivity contribution < 1.29 is 4.39 Å². The molecule has 2 aromatic carbocycles. The van der Waals surface area contributed by atoms with E-state index >= 15 is 0 Å². The standard InChI is InChI=1S/C24H23FN4/c1-4-29(5-2)19-14-20(17-7-9-22-23(13-17)27-11-10-26-22)24(28-15-19)18-6-8-21(25)16(3)12-18/h6-15H,4-5H2,1-3H3. The Bertz CT molecular complexity index is 1170. The summed E-state index contributed by atoms with van der Waals surface area (Å²) in [5, 5.41) is 0. The van der Waals surface area contributed by atoms with Crippen molar-refractivity contribution in [1.29, 1.82) is 0 Å². The van der Waals surface area contributed by atoms with Crippen molar-refractivity contribution in [3.63, 3.8) is 0 Å². The Morgan fingerprint density at radius 3 is 2.28 bits per heavy atom. The molecular weight excluding hydrogens is 363 g/mol. The third kappa shape index (κ3) is 3.68. The van der Waals surface area contributed by atoms with E-state index in [2.05, 4.69) is 34.8 Å². The molecule has 146 valence electrons. The number of rotatable bonds is 5. The van der Waals surface area contributed by atoms with E-state index in [0.29, 0.717) is 5.56 Å². The van der Waals surface area contributed by atoms with Crippen LogP contribution in [0.2, 0.25) is 0 Å². The van der Waals surface area contributed by atoms with Gasteiger partial charge in [0.1, 0.15) is 5.82 Å². The lowest BCUT2D eigenvalue weighted by molar-refractivity contribution is 0.619. The minimum absolute atomic E-state index is 0.212. The van der Waals surface area contributed by atoms with Crippen molar-refractivity contribution in [3.05, 3.63) is 72.4 Å². The maximum atomic E-state index is 13.8. The van der Waals surface area contributed by atoms with Gasteiger partial charge in [-0.2, -0.15) is 0 Å². The number of halogens is 1. The second-order valence-corrected chi connectivity index (χ2v) is 6.99. The summed E-state index contributed by atoms with van der Waals surface area (Å²) in [5.41, 5.74) is 7.07. The van der Waals surface area contributed by atoms with Crippen LogP contribution in [0.5, 0.6) is 0 Å². The molecule has 4 rings (SSSR count). The Kier molecular flexibility index (Phi) is 5.21. The number of anilines is 1. The molecule has 4 aromatic rings. The number of hydrogen-bond acceptors (Lipinski definition) is 4. The number of hydrogen-bond donors (Lipinski definition) is 0. The summed E-state index contributed by atoms with van der Waals surface area (Å²) in [6.07, 6.45) is 5.28. The Balaban J connectivity index is 1.93. The smallest absolute Gasteiger partial charge is 0.126 e. The molecule has 0 atom stereocenters. The van der Waals surface area contributed by atoms with Gasteiger partial charge in [0, 0.05) is 36.6 Å². The van der Waals surface area contributed by atoms with E-state index in [1.54, 1.807) is 25.4 Å². The average Bonchev–Trinajstić information content (AvgIpc) is 2.76. The van der Waals surface area contributed by atoms with Crippen LogP contribution in [-0.4, -0.2) is 28.0 Å². The van der Waals surface area contributed by atoms with Gasteiger partial charge in [0.05, 0.1) is 28.6 Å². The first kappa shape index (κ1) is 19.0. The molecule has 0 spiro atoms. The van der Waals surface area contributed by atoms with E-state index in [4.69, 9.17) is 4.98 Å². The van der Waals surface area contributed by atoms with Gasteiger partial charge in [0.25, 0.3) is 0 Å². The molecule has 0 bridgehead atoms. The molecule has 0 aliphatic carbocycles. The maximum absolute atomic E-state index is 13.8. The largest absolute Gasteiger partial charge is 0.371 e. The van der Waals surface area contributed by atoms with E-state index in [1.807, 2.05) is 30.5 Å². The fourth-order valence-corrected chi connectivity index (χ4v) is 3.59. The van der Waals surface area contributed by atoms with Crippen LogP contribution < -0.4 is 4.90 Å². The van der Waals surface area contributed by atoms with Crippen molar-refractivity contribution in [2.45, 2.75) is 20.8 Å². The fourth-order valence-electron chi connectivity index (χ4n) is 3.59. The molecule has 0 radical (unpaired) electrons. The summed E-state index contributed by atoms with van der Waals surface area (Å²) in [6.45, 7) is 7.83. The molecule has 4 nitrogen and oxygen atoms in total. The summed E-state index contributed by atoms with van der Waals surface area (Å²) in [5.74, 6) is -0.212. The summed E-state index contributed by atoms with van der Waals surface area (Å²) in [4.78, 5) is 15.9. The normalized spacial score (nSPS) is 11.0. The highest BCUT2D eigenvalue weighted by Gasteiger charge is 2.14. The number of fused-ring (bicyclic) bond motifs is 1. The molecule has 2 aromatic heterocycles. The Morgan fingerprint density at radius 2 is 1.55 bits per heavy atom. The minimum atomic E-state index is -0.212. The van der Waals surface area contributed by atoms with Gasteiger partial charge in [-0.25, -0.2) is 4.39 Å². The third-order valence-corrected chi connectivity index (χ3v) is 5.21. The van der Waals surface area contributed by atoms with Crippen molar-refractivity contribution >= 4 is 16.7 Å². The molecule has 2 heterocycles.